The fourth-order valence-electron chi connectivity index (χ4n) is 2.71. The number of hydrogen-bond donors (Lipinski definition) is 0. The lowest BCUT2D eigenvalue weighted by atomic mass is 10.1. The van der Waals surface area contributed by atoms with Crippen LogP contribution in [0.15, 0.2) is 0 Å². The Balaban J connectivity index is 2.44. The van der Waals surface area contributed by atoms with Crippen molar-refractivity contribution in [1.82, 2.24) is 9.78 Å². The molecule has 1 aliphatic rings. The molecule has 0 aromatic carbocycles. The van der Waals surface area contributed by atoms with Crippen LogP contribution in [0.5, 0.6) is 0 Å². The standard InChI is InChI=1S/C12H17F3N2/c1-3-10-8(2)17(9-6-4-5-7-9)16-11(10)12(13,14)15/h9H,3-7H2,1-2H3. The normalized spacial score (nSPS) is 17.9. The van der Waals surface area contributed by atoms with Gasteiger partial charge in [-0.05, 0) is 26.2 Å². The molecule has 0 aliphatic heterocycles. The van der Waals surface area contributed by atoms with Crippen LogP contribution >= 0.6 is 0 Å². The SMILES string of the molecule is CCc1c(C(F)(F)F)nn(C2CCCC2)c1C. The van der Waals surface area contributed by atoms with Crippen molar-refractivity contribution >= 4 is 0 Å². The van der Waals surface area contributed by atoms with Crippen LogP contribution in [0.2, 0.25) is 0 Å². The molecule has 1 heterocycles. The highest BCUT2D eigenvalue weighted by molar-refractivity contribution is 5.28. The van der Waals surface area contributed by atoms with Crippen molar-refractivity contribution in [2.45, 2.75) is 58.2 Å². The average molecular weight is 246 g/mol. The summed E-state index contributed by atoms with van der Waals surface area (Å²) in [6.45, 7) is 3.50. The minimum atomic E-state index is -4.33. The number of aromatic nitrogens is 2. The highest BCUT2D eigenvalue weighted by Gasteiger charge is 2.38. The van der Waals surface area contributed by atoms with Gasteiger partial charge in [0.2, 0.25) is 0 Å². The van der Waals surface area contributed by atoms with Crippen molar-refractivity contribution in [3.8, 4) is 0 Å². The molecule has 5 heteroatoms. The number of halogens is 3. The summed E-state index contributed by atoms with van der Waals surface area (Å²) in [7, 11) is 0. The molecule has 0 atom stereocenters. The molecule has 17 heavy (non-hydrogen) atoms. The lowest BCUT2D eigenvalue weighted by Gasteiger charge is -2.12. The zero-order valence-electron chi connectivity index (χ0n) is 10.1. The van der Waals surface area contributed by atoms with Gasteiger partial charge in [-0.15, -0.1) is 0 Å². The molecule has 1 fully saturated rings. The van der Waals surface area contributed by atoms with E-state index in [2.05, 4.69) is 5.10 Å². The zero-order chi connectivity index (χ0) is 12.6. The number of nitrogens with zero attached hydrogens (tertiary/aromatic N) is 2. The predicted octanol–water partition coefficient (Wildman–Crippen LogP) is 3.89. The maximum Gasteiger partial charge on any atom is 0.435 e. The summed E-state index contributed by atoms with van der Waals surface area (Å²) in [5, 5.41) is 3.83. The van der Waals surface area contributed by atoms with E-state index in [0.29, 0.717) is 17.7 Å². The van der Waals surface area contributed by atoms with Crippen LogP contribution in [-0.4, -0.2) is 9.78 Å². The molecular weight excluding hydrogens is 229 g/mol. The second kappa shape index (κ2) is 4.35. The Bertz CT molecular complexity index is 401. The van der Waals surface area contributed by atoms with E-state index in [1.54, 1.807) is 18.5 Å². The fraction of sp³-hybridized carbons (Fsp3) is 0.750. The van der Waals surface area contributed by atoms with Crippen molar-refractivity contribution in [3.63, 3.8) is 0 Å². The Morgan fingerprint density at radius 1 is 1.29 bits per heavy atom. The second-order valence-corrected chi connectivity index (χ2v) is 4.65. The molecule has 2 rings (SSSR count). The van der Waals surface area contributed by atoms with Gasteiger partial charge < -0.3 is 0 Å². The Labute approximate surface area is 98.8 Å². The first-order valence-corrected chi connectivity index (χ1v) is 6.10. The summed E-state index contributed by atoms with van der Waals surface area (Å²) in [5.74, 6) is 0. The molecule has 1 aromatic rings. The van der Waals surface area contributed by atoms with Gasteiger partial charge in [0, 0.05) is 11.3 Å². The number of rotatable bonds is 2. The van der Waals surface area contributed by atoms with E-state index in [0.717, 1.165) is 25.7 Å². The van der Waals surface area contributed by atoms with Gasteiger partial charge in [-0.25, -0.2) is 0 Å². The summed E-state index contributed by atoms with van der Waals surface area (Å²) in [4.78, 5) is 0. The van der Waals surface area contributed by atoms with E-state index >= 15 is 0 Å². The molecule has 2 nitrogen and oxygen atoms in total. The Hall–Kier alpha value is -1.00. The van der Waals surface area contributed by atoms with E-state index in [1.807, 2.05) is 0 Å². The first-order chi connectivity index (χ1) is 7.95. The molecule has 1 aliphatic carbocycles. The van der Waals surface area contributed by atoms with Gasteiger partial charge in [0.05, 0.1) is 6.04 Å². The third-order valence-corrected chi connectivity index (χ3v) is 3.57. The van der Waals surface area contributed by atoms with Gasteiger partial charge in [0.1, 0.15) is 0 Å². The van der Waals surface area contributed by atoms with E-state index in [9.17, 15) is 13.2 Å². The van der Waals surface area contributed by atoms with E-state index < -0.39 is 11.9 Å². The summed E-state index contributed by atoms with van der Waals surface area (Å²) in [5.41, 5.74) is 0.348. The molecule has 0 spiro atoms. The first kappa shape index (κ1) is 12.5. The quantitative estimate of drug-likeness (QED) is 0.774. The van der Waals surface area contributed by atoms with Crippen molar-refractivity contribution in [2.75, 3.05) is 0 Å². The van der Waals surface area contributed by atoms with Crippen LogP contribution in [0.25, 0.3) is 0 Å². The van der Waals surface area contributed by atoms with Crippen LogP contribution in [0.3, 0.4) is 0 Å². The largest absolute Gasteiger partial charge is 0.435 e. The highest BCUT2D eigenvalue weighted by Crippen LogP contribution is 2.36. The Morgan fingerprint density at radius 3 is 2.29 bits per heavy atom. The second-order valence-electron chi connectivity index (χ2n) is 4.65. The van der Waals surface area contributed by atoms with E-state index in [1.165, 1.54) is 0 Å². The van der Waals surface area contributed by atoms with Crippen LogP contribution in [-0.2, 0) is 12.6 Å². The fourth-order valence-corrected chi connectivity index (χ4v) is 2.71. The smallest absolute Gasteiger partial charge is 0.266 e. The van der Waals surface area contributed by atoms with Crippen molar-refractivity contribution in [1.29, 1.82) is 0 Å². The first-order valence-electron chi connectivity index (χ1n) is 6.10. The molecule has 0 amide bonds. The molecule has 96 valence electrons. The molecule has 0 unspecified atom stereocenters. The molecule has 1 aromatic heterocycles. The summed E-state index contributed by atoms with van der Waals surface area (Å²) < 4.78 is 40.1. The average Bonchev–Trinajstić information content (AvgIpc) is 2.82. The molecule has 0 saturated heterocycles. The summed E-state index contributed by atoms with van der Waals surface area (Å²) >= 11 is 0. The minimum Gasteiger partial charge on any atom is -0.266 e. The summed E-state index contributed by atoms with van der Waals surface area (Å²) in [6, 6.07) is 0.163. The van der Waals surface area contributed by atoms with Crippen LogP contribution in [0.4, 0.5) is 13.2 Å². The maximum atomic E-state index is 12.8. The number of alkyl halides is 3. The predicted molar refractivity (Wildman–Crippen MR) is 58.8 cm³/mol. The molecule has 1 saturated carbocycles. The van der Waals surface area contributed by atoms with E-state index in [4.69, 9.17) is 0 Å². The van der Waals surface area contributed by atoms with Gasteiger partial charge in [0.15, 0.2) is 5.69 Å². The Morgan fingerprint density at radius 2 is 1.88 bits per heavy atom. The molecule has 0 N–H and O–H groups in total. The third kappa shape index (κ3) is 2.19. The van der Waals surface area contributed by atoms with Gasteiger partial charge in [-0.3, -0.25) is 4.68 Å². The molecular formula is C12H17F3N2. The van der Waals surface area contributed by atoms with Crippen molar-refractivity contribution in [3.05, 3.63) is 17.0 Å². The topological polar surface area (TPSA) is 17.8 Å². The van der Waals surface area contributed by atoms with Gasteiger partial charge in [0.25, 0.3) is 0 Å². The van der Waals surface area contributed by atoms with Gasteiger partial charge in [-0.1, -0.05) is 19.8 Å². The Kier molecular flexibility index (Phi) is 3.19. The lowest BCUT2D eigenvalue weighted by molar-refractivity contribution is -0.142. The van der Waals surface area contributed by atoms with Crippen molar-refractivity contribution < 1.29 is 13.2 Å². The number of hydrogen-bond acceptors (Lipinski definition) is 1. The zero-order valence-corrected chi connectivity index (χ0v) is 10.1. The van der Waals surface area contributed by atoms with Crippen LogP contribution in [0.1, 0.15) is 55.6 Å². The van der Waals surface area contributed by atoms with Gasteiger partial charge in [-0.2, -0.15) is 18.3 Å². The van der Waals surface area contributed by atoms with Crippen molar-refractivity contribution in [2.24, 2.45) is 0 Å². The maximum absolute atomic E-state index is 12.8. The highest BCUT2D eigenvalue weighted by atomic mass is 19.4. The third-order valence-electron chi connectivity index (χ3n) is 3.57. The minimum absolute atomic E-state index is 0.163. The van der Waals surface area contributed by atoms with Gasteiger partial charge >= 0.3 is 6.18 Å². The van der Waals surface area contributed by atoms with Crippen LogP contribution in [0, 0.1) is 6.92 Å². The van der Waals surface area contributed by atoms with E-state index in [-0.39, 0.29) is 6.04 Å². The monoisotopic (exact) mass is 246 g/mol. The lowest BCUT2D eigenvalue weighted by Crippen LogP contribution is -2.11. The molecule has 0 bridgehead atoms. The molecule has 0 radical (unpaired) electrons. The van der Waals surface area contributed by atoms with Crippen LogP contribution < -0.4 is 0 Å². The summed E-state index contributed by atoms with van der Waals surface area (Å²) in [6.07, 6.45) is 0.124.